The zero-order chi connectivity index (χ0) is 22.9. The van der Waals surface area contributed by atoms with Crippen molar-refractivity contribution in [3.05, 3.63) is 81.8 Å². The maximum Gasteiger partial charge on any atom is 0.265 e. The van der Waals surface area contributed by atoms with Gasteiger partial charge < -0.3 is 5.11 Å². The summed E-state index contributed by atoms with van der Waals surface area (Å²) in [6.45, 7) is 4.02. The van der Waals surface area contributed by atoms with Crippen LogP contribution in [0.4, 0.5) is 5.82 Å². The zero-order valence-corrected chi connectivity index (χ0v) is 19.0. The molecular weight excluding hydrogens is 412 g/mol. The average molecular weight is 441 g/mol. The van der Waals surface area contributed by atoms with E-state index in [-0.39, 0.29) is 11.4 Å². The molecule has 0 spiro atoms. The van der Waals surface area contributed by atoms with Gasteiger partial charge in [-0.25, -0.2) is 14.2 Å². The van der Waals surface area contributed by atoms with Crippen LogP contribution in [0.3, 0.4) is 0 Å². The van der Waals surface area contributed by atoms with Crippen molar-refractivity contribution in [3.63, 3.8) is 0 Å². The van der Waals surface area contributed by atoms with Crippen molar-refractivity contribution < 1.29 is 5.11 Å². The first kappa shape index (κ1) is 21.2. The third-order valence-electron chi connectivity index (χ3n) is 6.75. The average Bonchev–Trinajstić information content (AvgIpc) is 3.30. The molecule has 1 aliphatic carbocycles. The molecule has 0 aliphatic heterocycles. The Kier molecular flexibility index (Phi) is 5.58. The second-order valence-electron chi connectivity index (χ2n) is 8.88. The molecule has 2 heterocycles. The van der Waals surface area contributed by atoms with Gasteiger partial charge in [0.2, 0.25) is 5.88 Å². The standard InChI is InChI=1S/C27H28N4O2/c1-18-12-13-21(16-19(18)2)30-26(32)23-11-7-6-10-22(23)24(27(30)33)17-28-25-14-15-29-31(25)20-8-4-3-5-9-20/h6-7,10-17,20,33H,3-5,8-9H2,1-2H3/b28-17+. The van der Waals surface area contributed by atoms with E-state index < -0.39 is 0 Å². The summed E-state index contributed by atoms with van der Waals surface area (Å²) < 4.78 is 3.36. The van der Waals surface area contributed by atoms with Gasteiger partial charge in [-0.2, -0.15) is 5.10 Å². The van der Waals surface area contributed by atoms with Crippen LogP contribution < -0.4 is 5.56 Å². The highest BCUT2D eigenvalue weighted by Crippen LogP contribution is 2.32. The first-order valence-electron chi connectivity index (χ1n) is 11.6. The molecule has 2 aromatic heterocycles. The van der Waals surface area contributed by atoms with Crippen LogP contribution in [0.1, 0.15) is 54.8 Å². The summed E-state index contributed by atoms with van der Waals surface area (Å²) in [5.74, 6) is 0.642. The number of aromatic nitrogens is 3. The van der Waals surface area contributed by atoms with E-state index in [1.165, 1.54) is 23.8 Å². The molecule has 6 heteroatoms. The number of aliphatic imine (C=N–C) groups is 1. The summed E-state index contributed by atoms with van der Waals surface area (Å²) in [7, 11) is 0. The lowest BCUT2D eigenvalue weighted by Crippen LogP contribution is -2.20. The molecule has 0 atom stereocenters. The number of fused-ring (bicyclic) bond motifs is 1. The van der Waals surface area contributed by atoms with E-state index in [0.717, 1.165) is 29.8 Å². The summed E-state index contributed by atoms with van der Waals surface area (Å²) in [5.41, 5.74) is 3.08. The van der Waals surface area contributed by atoms with Gasteiger partial charge in [0.05, 0.1) is 23.5 Å². The third kappa shape index (κ3) is 3.86. The number of benzene rings is 2. The van der Waals surface area contributed by atoms with E-state index in [4.69, 9.17) is 4.99 Å². The topological polar surface area (TPSA) is 72.4 Å². The van der Waals surface area contributed by atoms with E-state index in [1.807, 2.05) is 61.0 Å². The van der Waals surface area contributed by atoms with Crippen molar-refractivity contribution >= 4 is 22.8 Å². The highest BCUT2D eigenvalue weighted by Gasteiger charge is 2.19. The van der Waals surface area contributed by atoms with Crippen LogP contribution >= 0.6 is 0 Å². The fourth-order valence-electron chi connectivity index (χ4n) is 4.74. The monoisotopic (exact) mass is 440 g/mol. The van der Waals surface area contributed by atoms with Crippen molar-refractivity contribution in [1.29, 1.82) is 0 Å². The molecule has 0 amide bonds. The van der Waals surface area contributed by atoms with E-state index in [2.05, 4.69) is 5.10 Å². The number of hydrogen-bond acceptors (Lipinski definition) is 4. The summed E-state index contributed by atoms with van der Waals surface area (Å²) in [5, 5.41) is 17.0. The van der Waals surface area contributed by atoms with Crippen LogP contribution in [-0.4, -0.2) is 25.7 Å². The molecule has 0 saturated heterocycles. The normalized spacial score (nSPS) is 15.0. The van der Waals surface area contributed by atoms with Gasteiger partial charge in [-0.1, -0.05) is 43.5 Å². The van der Waals surface area contributed by atoms with Crippen molar-refractivity contribution in [2.45, 2.75) is 52.0 Å². The molecule has 0 unspecified atom stereocenters. The van der Waals surface area contributed by atoms with E-state index >= 15 is 0 Å². The zero-order valence-electron chi connectivity index (χ0n) is 19.0. The number of aromatic hydroxyl groups is 1. The summed E-state index contributed by atoms with van der Waals surface area (Å²) >= 11 is 0. The molecule has 0 bridgehead atoms. The number of nitrogens with zero attached hydrogens (tertiary/aromatic N) is 4. The molecule has 1 fully saturated rings. The van der Waals surface area contributed by atoms with Crippen molar-refractivity contribution in [3.8, 4) is 11.6 Å². The van der Waals surface area contributed by atoms with Gasteiger partial charge in [0.15, 0.2) is 5.82 Å². The molecule has 1 saturated carbocycles. The Morgan fingerprint density at radius 3 is 2.52 bits per heavy atom. The van der Waals surface area contributed by atoms with Crippen LogP contribution in [0.5, 0.6) is 5.88 Å². The molecule has 4 aromatic rings. The number of pyridine rings is 1. The van der Waals surface area contributed by atoms with Crippen molar-refractivity contribution in [2.75, 3.05) is 0 Å². The quantitative estimate of drug-likeness (QED) is 0.410. The third-order valence-corrected chi connectivity index (χ3v) is 6.75. The van der Waals surface area contributed by atoms with Gasteiger partial charge in [-0.3, -0.25) is 4.79 Å². The molecule has 2 aromatic carbocycles. The lowest BCUT2D eigenvalue weighted by atomic mass is 9.96. The van der Waals surface area contributed by atoms with E-state index in [0.29, 0.717) is 28.1 Å². The molecular formula is C27H28N4O2. The van der Waals surface area contributed by atoms with Gasteiger partial charge >= 0.3 is 0 Å². The minimum Gasteiger partial charge on any atom is -0.494 e. The lowest BCUT2D eigenvalue weighted by Gasteiger charge is -2.22. The summed E-state index contributed by atoms with van der Waals surface area (Å²) in [4.78, 5) is 18.1. The maximum absolute atomic E-state index is 13.3. The minimum atomic E-state index is -0.254. The Labute approximate surface area is 192 Å². The molecule has 0 radical (unpaired) electrons. The Morgan fingerprint density at radius 2 is 1.76 bits per heavy atom. The second-order valence-corrected chi connectivity index (χ2v) is 8.88. The van der Waals surface area contributed by atoms with Gasteiger partial charge in [-0.05, 0) is 56.0 Å². The fraction of sp³-hybridized carbons (Fsp3) is 0.296. The fourth-order valence-corrected chi connectivity index (χ4v) is 4.74. The molecule has 1 aliphatic rings. The summed E-state index contributed by atoms with van der Waals surface area (Å²) in [6, 6.07) is 15.3. The van der Waals surface area contributed by atoms with E-state index in [1.54, 1.807) is 18.5 Å². The summed E-state index contributed by atoms with van der Waals surface area (Å²) in [6.07, 6.45) is 9.34. The highest BCUT2D eigenvalue weighted by molar-refractivity contribution is 6.02. The van der Waals surface area contributed by atoms with Gasteiger partial charge in [0, 0.05) is 23.1 Å². The molecule has 168 valence electrons. The lowest BCUT2D eigenvalue weighted by molar-refractivity contribution is 0.332. The van der Waals surface area contributed by atoms with Gasteiger partial charge in [0.25, 0.3) is 5.56 Å². The van der Waals surface area contributed by atoms with E-state index in [9.17, 15) is 9.90 Å². The van der Waals surface area contributed by atoms with Crippen LogP contribution in [0, 0.1) is 13.8 Å². The van der Waals surface area contributed by atoms with Gasteiger partial charge in [0.1, 0.15) is 0 Å². The Hall–Kier alpha value is -3.67. The molecule has 1 N–H and O–H groups in total. The predicted molar refractivity (Wildman–Crippen MR) is 132 cm³/mol. The minimum absolute atomic E-state index is 0.116. The smallest absolute Gasteiger partial charge is 0.265 e. The Bertz CT molecular complexity index is 1410. The highest BCUT2D eigenvalue weighted by atomic mass is 16.3. The first-order valence-corrected chi connectivity index (χ1v) is 11.6. The van der Waals surface area contributed by atoms with Crippen LogP contribution in [0.15, 0.2) is 64.5 Å². The predicted octanol–water partition coefficient (Wildman–Crippen LogP) is 5.77. The van der Waals surface area contributed by atoms with Crippen LogP contribution in [-0.2, 0) is 0 Å². The maximum atomic E-state index is 13.3. The van der Waals surface area contributed by atoms with Crippen LogP contribution in [0.25, 0.3) is 16.5 Å². The number of rotatable bonds is 4. The number of aryl methyl sites for hydroxylation is 2. The number of hydrogen-bond donors (Lipinski definition) is 1. The Morgan fingerprint density at radius 1 is 1.00 bits per heavy atom. The van der Waals surface area contributed by atoms with Gasteiger partial charge in [-0.15, -0.1) is 0 Å². The molecule has 6 nitrogen and oxygen atoms in total. The van der Waals surface area contributed by atoms with Crippen molar-refractivity contribution in [2.24, 2.45) is 4.99 Å². The second kappa shape index (κ2) is 8.70. The van der Waals surface area contributed by atoms with Crippen molar-refractivity contribution in [1.82, 2.24) is 14.3 Å². The molecule has 5 rings (SSSR count). The van der Waals surface area contributed by atoms with Crippen LogP contribution in [0.2, 0.25) is 0 Å². The SMILES string of the molecule is Cc1ccc(-n2c(O)c(/C=N/c3ccnn3C3CCCCC3)c3ccccc3c2=O)cc1C. The molecule has 33 heavy (non-hydrogen) atoms. The Balaban J connectivity index is 1.65. The largest absolute Gasteiger partial charge is 0.494 e. The first-order chi connectivity index (χ1) is 16.0.